The molecule has 1 aromatic rings. The van der Waals surface area contributed by atoms with Crippen molar-refractivity contribution in [2.75, 3.05) is 11.4 Å². The van der Waals surface area contributed by atoms with Crippen LogP contribution in [-0.2, 0) is 4.79 Å². The first kappa shape index (κ1) is 13.3. The van der Waals surface area contributed by atoms with Crippen molar-refractivity contribution in [1.29, 1.82) is 0 Å². The summed E-state index contributed by atoms with van der Waals surface area (Å²) >= 11 is 0. The van der Waals surface area contributed by atoms with Crippen molar-refractivity contribution in [3.05, 3.63) is 33.9 Å². The smallest absolute Gasteiger partial charge is 0.305 e. The molecule has 0 radical (unpaired) electrons. The summed E-state index contributed by atoms with van der Waals surface area (Å²) in [6, 6.07) is 4.70. The number of nitro benzene ring substituents is 1. The lowest BCUT2D eigenvalue weighted by molar-refractivity contribution is -0.384. The molecule has 1 aliphatic rings. The van der Waals surface area contributed by atoms with Gasteiger partial charge in [0.05, 0.1) is 11.3 Å². The average Bonchev–Trinajstić information content (AvgIpc) is 2.75. The molecule has 102 valence electrons. The topological polar surface area (TPSA) is 83.7 Å². The predicted octanol–water partition coefficient (Wildman–Crippen LogP) is 2.35. The van der Waals surface area contributed by atoms with E-state index in [1.807, 2.05) is 11.8 Å². The number of aryl methyl sites for hydroxylation is 1. The van der Waals surface area contributed by atoms with E-state index in [9.17, 15) is 14.9 Å². The molecule has 1 N–H and O–H groups in total. The largest absolute Gasteiger partial charge is 0.481 e. The first-order valence-electron chi connectivity index (χ1n) is 6.22. The molecule has 1 heterocycles. The van der Waals surface area contributed by atoms with Gasteiger partial charge in [-0.15, -0.1) is 0 Å². The molecular weight excluding hydrogens is 248 g/mol. The highest BCUT2D eigenvalue weighted by Crippen LogP contribution is 2.31. The van der Waals surface area contributed by atoms with E-state index >= 15 is 0 Å². The lowest BCUT2D eigenvalue weighted by Crippen LogP contribution is -2.31. The van der Waals surface area contributed by atoms with E-state index in [0.717, 1.165) is 30.6 Å². The fourth-order valence-electron chi connectivity index (χ4n) is 2.64. The third-order valence-electron chi connectivity index (χ3n) is 3.49. The summed E-state index contributed by atoms with van der Waals surface area (Å²) in [6.07, 6.45) is 1.91. The molecule has 0 saturated carbocycles. The van der Waals surface area contributed by atoms with Gasteiger partial charge in [0.1, 0.15) is 0 Å². The van der Waals surface area contributed by atoms with Crippen molar-refractivity contribution in [1.82, 2.24) is 0 Å². The zero-order chi connectivity index (χ0) is 14.0. The number of aliphatic carboxylic acids is 1. The number of nitrogens with zero attached hydrogens (tertiary/aromatic N) is 2. The van der Waals surface area contributed by atoms with Gasteiger partial charge in [0.2, 0.25) is 0 Å². The molecule has 1 saturated heterocycles. The lowest BCUT2D eigenvalue weighted by Gasteiger charge is -2.27. The molecule has 2 rings (SSSR count). The Bertz CT molecular complexity index is 515. The van der Waals surface area contributed by atoms with Gasteiger partial charge in [-0.25, -0.2) is 0 Å². The van der Waals surface area contributed by atoms with E-state index in [4.69, 9.17) is 5.11 Å². The minimum absolute atomic E-state index is 0.0161. The summed E-state index contributed by atoms with van der Waals surface area (Å²) in [6.45, 7) is 2.62. The summed E-state index contributed by atoms with van der Waals surface area (Å²) in [7, 11) is 0. The second kappa shape index (κ2) is 5.26. The standard InChI is InChI=1S/C13H16N2O4/c1-9-7-11(15(18)19)4-5-12(9)14-6-2-3-10(14)8-13(16)17/h4-5,7,10H,2-3,6,8H2,1H3,(H,16,17). The molecule has 1 fully saturated rings. The maximum Gasteiger partial charge on any atom is 0.305 e. The van der Waals surface area contributed by atoms with E-state index in [1.54, 1.807) is 6.07 Å². The van der Waals surface area contributed by atoms with Crippen LogP contribution in [0, 0.1) is 17.0 Å². The third-order valence-corrected chi connectivity index (χ3v) is 3.49. The fraction of sp³-hybridized carbons (Fsp3) is 0.462. The third kappa shape index (κ3) is 2.83. The highest BCUT2D eigenvalue weighted by molar-refractivity contribution is 5.69. The van der Waals surface area contributed by atoms with Crippen LogP contribution < -0.4 is 4.90 Å². The van der Waals surface area contributed by atoms with Crippen molar-refractivity contribution in [3.63, 3.8) is 0 Å². The summed E-state index contributed by atoms with van der Waals surface area (Å²) in [5.74, 6) is -0.809. The number of hydrogen-bond donors (Lipinski definition) is 1. The van der Waals surface area contributed by atoms with E-state index in [1.165, 1.54) is 12.1 Å². The Kier molecular flexibility index (Phi) is 3.69. The van der Waals surface area contributed by atoms with Crippen molar-refractivity contribution in [2.45, 2.75) is 32.2 Å². The number of benzene rings is 1. The number of non-ortho nitro benzene ring substituents is 1. The molecule has 1 aliphatic heterocycles. The van der Waals surface area contributed by atoms with Crippen LogP contribution in [0.5, 0.6) is 0 Å². The van der Waals surface area contributed by atoms with Gasteiger partial charge < -0.3 is 10.0 Å². The number of hydrogen-bond acceptors (Lipinski definition) is 4. The normalized spacial score (nSPS) is 18.6. The van der Waals surface area contributed by atoms with Crippen LogP contribution in [0.25, 0.3) is 0 Å². The number of carbonyl (C=O) groups is 1. The maximum absolute atomic E-state index is 10.8. The van der Waals surface area contributed by atoms with E-state index in [2.05, 4.69) is 0 Å². The number of carboxylic acids is 1. The van der Waals surface area contributed by atoms with Crippen LogP contribution in [0.15, 0.2) is 18.2 Å². The summed E-state index contributed by atoms with van der Waals surface area (Å²) in [5, 5.41) is 19.6. The first-order valence-corrected chi connectivity index (χ1v) is 6.22. The Labute approximate surface area is 110 Å². The molecule has 1 unspecified atom stereocenters. The molecule has 0 aliphatic carbocycles. The van der Waals surface area contributed by atoms with Gasteiger partial charge in [-0.2, -0.15) is 0 Å². The molecule has 6 nitrogen and oxygen atoms in total. The van der Waals surface area contributed by atoms with Gasteiger partial charge in [0.25, 0.3) is 5.69 Å². The van der Waals surface area contributed by atoms with Crippen LogP contribution in [0.1, 0.15) is 24.8 Å². The quantitative estimate of drug-likeness (QED) is 0.666. The second-order valence-corrected chi connectivity index (χ2v) is 4.82. The van der Waals surface area contributed by atoms with Crippen molar-refractivity contribution in [3.8, 4) is 0 Å². The van der Waals surface area contributed by atoms with Crippen molar-refractivity contribution >= 4 is 17.3 Å². The SMILES string of the molecule is Cc1cc([N+](=O)[O-])ccc1N1CCCC1CC(=O)O. The number of rotatable bonds is 4. The molecule has 0 spiro atoms. The lowest BCUT2D eigenvalue weighted by atomic mass is 10.1. The summed E-state index contributed by atoms with van der Waals surface area (Å²) in [5.41, 5.74) is 1.77. The average molecular weight is 264 g/mol. The van der Waals surface area contributed by atoms with Crippen LogP contribution >= 0.6 is 0 Å². The number of anilines is 1. The number of carboxylic acid groups (broad SMARTS) is 1. The Morgan fingerprint density at radius 1 is 1.58 bits per heavy atom. The Morgan fingerprint density at radius 2 is 2.32 bits per heavy atom. The minimum Gasteiger partial charge on any atom is -0.481 e. The van der Waals surface area contributed by atoms with Crippen LogP contribution in [-0.4, -0.2) is 28.6 Å². The molecule has 1 atom stereocenters. The summed E-state index contributed by atoms with van der Waals surface area (Å²) in [4.78, 5) is 23.2. The van der Waals surface area contributed by atoms with Gasteiger partial charge in [-0.3, -0.25) is 14.9 Å². The second-order valence-electron chi connectivity index (χ2n) is 4.82. The van der Waals surface area contributed by atoms with E-state index in [-0.39, 0.29) is 18.2 Å². The minimum atomic E-state index is -0.809. The predicted molar refractivity (Wildman–Crippen MR) is 70.5 cm³/mol. The maximum atomic E-state index is 10.8. The van der Waals surface area contributed by atoms with Gasteiger partial charge in [0.15, 0.2) is 0 Å². The monoisotopic (exact) mass is 264 g/mol. The Balaban J connectivity index is 2.25. The van der Waals surface area contributed by atoms with Gasteiger partial charge in [-0.05, 0) is 31.4 Å². The van der Waals surface area contributed by atoms with Crippen LogP contribution in [0.4, 0.5) is 11.4 Å². The highest BCUT2D eigenvalue weighted by Gasteiger charge is 2.28. The zero-order valence-electron chi connectivity index (χ0n) is 10.7. The molecular formula is C13H16N2O4. The molecule has 0 amide bonds. The zero-order valence-corrected chi connectivity index (χ0v) is 10.7. The molecule has 19 heavy (non-hydrogen) atoms. The van der Waals surface area contributed by atoms with Gasteiger partial charge >= 0.3 is 5.97 Å². The molecule has 0 aromatic heterocycles. The molecule has 6 heteroatoms. The highest BCUT2D eigenvalue weighted by atomic mass is 16.6. The van der Waals surface area contributed by atoms with E-state index < -0.39 is 10.9 Å². The Morgan fingerprint density at radius 3 is 2.89 bits per heavy atom. The van der Waals surface area contributed by atoms with Crippen molar-refractivity contribution in [2.24, 2.45) is 0 Å². The first-order chi connectivity index (χ1) is 8.99. The van der Waals surface area contributed by atoms with Crippen LogP contribution in [0.2, 0.25) is 0 Å². The van der Waals surface area contributed by atoms with Crippen LogP contribution in [0.3, 0.4) is 0 Å². The fourth-order valence-corrected chi connectivity index (χ4v) is 2.64. The number of nitro groups is 1. The van der Waals surface area contributed by atoms with Gasteiger partial charge in [0, 0.05) is 30.4 Å². The Hall–Kier alpha value is -2.11. The van der Waals surface area contributed by atoms with E-state index in [0.29, 0.717) is 0 Å². The molecule has 0 bridgehead atoms. The summed E-state index contributed by atoms with van der Waals surface area (Å²) < 4.78 is 0. The van der Waals surface area contributed by atoms with Crippen molar-refractivity contribution < 1.29 is 14.8 Å². The van der Waals surface area contributed by atoms with Gasteiger partial charge in [-0.1, -0.05) is 0 Å². The molecule has 1 aromatic carbocycles.